The van der Waals surface area contributed by atoms with Crippen molar-refractivity contribution < 1.29 is 14.3 Å². The van der Waals surface area contributed by atoms with E-state index in [1.165, 1.54) is 0 Å². The van der Waals surface area contributed by atoms with E-state index in [1.807, 2.05) is 19.0 Å². The lowest BCUT2D eigenvalue weighted by Gasteiger charge is -2.31. The monoisotopic (exact) mass is 520 g/mol. The molecule has 38 heavy (non-hydrogen) atoms. The van der Waals surface area contributed by atoms with Gasteiger partial charge in [-0.25, -0.2) is 15.0 Å². The fraction of sp³-hybridized carbons (Fsp3) is 0.519. The highest BCUT2D eigenvalue weighted by molar-refractivity contribution is 5.93. The van der Waals surface area contributed by atoms with Crippen LogP contribution in [0.5, 0.6) is 5.75 Å². The third-order valence-electron chi connectivity index (χ3n) is 6.96. The fourth-order valence-corrected chi connectivity index (χ4v) is 4.82. The Morgan fingerprint density at radius 1 is 1.05 bits per heavy atom. The molecule has 0 unspecified atom stereocenters. The van der Waals surface area contributed by atoms with Crippen LogP contribution in [0, 0.1) is 0 Å². The molecule has 1 aliphatic carbocycles. The van der Waals surface area contributed by atoms with Gasteiger partial charge in [0.15, 0.2) is 0 Å². The molecule has 1 saturated carbocycles. The van der Waals surface area contributed by atoms with Crippen LogP contribution >= 0.6 is 0 Å². The lowest BCUT2D eigenvalue weighted by molar-refractivity contribution is 0.0950. The number of morpholine rings is 1. The van der Waals surface area contributed by atoms with Crippen LogP contribution in [0.1, 0.15) is 36.0 Å². The number of fused-ring (bicyclic) bond motifs is 1. The van der Waals surface area contributed by atoms with E-state index in [0.29, 0.717) is 18.1 Å². The molecule has 0 radical (unpaired) electrons. The van der Waals surface area contributed by atoms with E-state index in [9.17, 15) is 4.79 Å². The number of nitrogens with one attached hydrogen (secondary N) is 2. The van der Waals surface area contributed by atoms with Crippen molar-refractivity contribution in [2.24, 2.45) is 0 Å². The lowest BCUT2D eigenvalue weighted by Crippen LogP contribution is -2.36. The van der Waals surface area contributed by atoms with Crippen molar-refractivity contribution in [3.05, 3.63) is 42.5 Å². The van der Waals surface area contributed by atoms with Crippen molar-refractivity contribution >= 4 is 28.6 Å². The van der Waals surface area contributed by atoms with E-state index < -0.39 is 0 Å². The zero-order chi connectivity index (χ0) is 26.3. The SMILES string of the molecule is CN(C)CCNC(=O)c1cnc(N[C@H]2CC[C@@H](Oc3cc(N4CCOCC4)cc4nccnc34)CC2)nc1. The molecule has 0 atom stereocenters. The predicted octanol–water partition coefficient (Wildman–Crippen LogP) is 2.35. The number of nitrogens with zero attached hydrogens (tertiary/aromatic N) is 6. The second-order valence-corrected chi connectivity index (χ2v) is 10.1. The van der Waals surface area contributed by atoms with E-state index in [4.69, 9.17) is 9.47 Å². The molecule has 5 rings (SSSR count). The predicted molar refractivity (Wildman–Crippen MR) is 146 cm³/mol. The van der Waals surface area contributed by atoms with E-state index in [2.05, 4.69) is 47.6 Å². The molecule has 202 valence electrons. The Morgan fingerprint density at radius 2 is 1.79 bits per heavy atom. The van der Waals surface area contributed by atoms with Gasteiger partial charge in [-0.2, -0.15) is 0 Å². The molecule has 3 heterocycles. The Kier molecular flexibility index (Phi) is 8.44. The summed E-state index contributed by atoms with van der Waals surface area (Å²) in [7, 11) is 3.94. The molecule has 1 amide bonds. The van der Waals surface area contributed by atoms with Crippen LogP contribution in [0.3, 0.4) is 0 Å². The van der Waals surface area contributed by atoms with Gasteiger partial charge < -0.3 is 29.9 Å². The van der Waals surface area contributed by atoms with E-state index in [-0.39, 0.29) is 18.1 Å². The maximum Gasteiger partial charge on any atom is 0.254 e. The van der Waals surface area contributed by atoms with Crippen LogP contribution in [-0.2, 0) is 4.74 Å². The van der Waals surface area contributed by atoms with Gasteiger partial charge in [-0.3, -0.25) is 9.78 Å². The summed E-state index contributed by atoms with van der Waals surface area (Å²) >= 11 is 0. The van der Waals surface area contributed by atoms with Gasteiger partial charge in [0.1, 0.15) is 11.3 Å². The summed E-state index contributed by atoms with van der Waals surface area (Å²) < 4.78 is 12.0. The highest BCUT2D eigenvalue weighted by Gasteiger charge is 2.25. The van der Waals surface area contributed by atoms with Gasteiger partial charge in [0.05, 0.1) is 30.4 Å². The molecule has 0 bridgehead atoms. The maximum atomic E-state index is 12.2. The average Bonchev–Trinajstić information content (AvgIpc) is 2.94. The van der Waals surface area contributed by atoms with Gasteiger partial charge in [0.25, 0.3) is 5.91 Å². The third-order valence-corrected chi connectivity index (χ3v) is 6.96. The van der Waals surface area contributed by atoms with E-state index in [1.54, 1.807) is 24.8 Å². The molecule has 11 heteroatoms. The van der Waals surface area contributed by atoms with Crippen LogP contribution < -0.4 is 20.3 Å². The molecule has 2 fully saturated rings. The van der Waals surface area contributed by atoms with Crippen LogP contribution in [0.25, 0.3) is 11.0 Å². The Bertz CT molecular complexity index is 1210. The first kappa shape index (κ1) is 26.1. The minimum atomic E-state index is -0.161. The molecular weight excluding hydrogens is 484 g/mol. The first-order valence-corrected chi connectivity index (χ1v) is 13.3. The highest BCUT2D eigenvalue weighted by atomic mass is 16.5. The lowest BCUT2D eigenvalue weighted by atomic mass is 9.93. The topological polar surface area (TPSA) is 118 Å². The van der Waals surface area contributed by atoms with Crippen molar-refractivity contribution in [2.75, 3.05) is 63.7 Å². The minimum absolute atomic E-state index is 0.104. The van der Waals surface area contributed by atoms with Gasteiger partial charge in [-0.05, 0) is 45.8 Å². The summed E-state index contributed by atoms with van der Waals surface area (Å²) in [5.41, 5.74) is 3.19. The second kappa shape index (κ2) is 12.3. The number of carbonyl (C=O) groups excluding carboxylic acids is 1. The average molecular weight is 521 g/mol. The number of likely N-dealkylation sites (N-methyl/N-ethyl adjacent to an activating group) is 1. The van der Waals surface area contributed by atoms with Gasteiger partial charge in [0.2, 0.25) is 5.95 Å². The molecule has 2 aliphatic rings. The number of anilines is 2. The Labute approximate surface area is 223 Å². The number of benzene rings is 1. The fourth-order valence-electron chi connectivity index (χ4n) is 4.82. The molecular formula is C27H36N8O3. The summed E-state index contributed by atoms with van der Waals surface area (Å²) in [5.74, 6) is 1.17. The van der Waals surface area contributed by atoms with Crippen molar-refractivity contribution in [3.63, 3.8) is 0 Å². The number of rotatable bonds is 9. The molecule has 1 aromatic carbocycles. The van der Waals surface area contributed by atoms with Gasteiger partial charge in [-0.1, -0.05) is 0 Å². The third kappa shape index (κ3) is 6.65. The standard InChI is InChI=1S/C27H36N8O3/c1-34(2)10-9-30-26(36)19-17-31-27(32-18-19)33-20-3-5-22(6-4-20)38-24-16-21(35-11-13-37-14-12-35)15-23-25(24)29-8-7-28-23/h7-8,15-18,20,22H,3-6,9-14H2,1-2H3,(H,30,36)(H,31,32,33)/t20-,22+. The zero-order valence-electron chi connectivity index (χ0n) is 22.1. The summed E-state index contributed by atoms with van der Waals surface area (Å²) in [4.78, 5) is 34.4. The first-order chi connectivity index (χ1) is 18.5. The van der Waals surface area contributed by atoms with Gasteiger partial charge >= 0.3 is 0 Å². The number of carbonyl (C=O) groups is 1. The van der Waals surface area contributed by atoms with Crippen LogP contribution in [0.15, 0.2) is 36.9 Å². The van der Waals surface area contributed by atoms with Gasteiger partial charge in [0, 0.05) is 68.8 Å². The summed E-state index contributed by atoms with van der Waals surface area (Å²) in [6.07, 6.45) is 10.4. The van der Waals surface area contributed by atoms with E-state index in [0.717, 1.165) is 81.0 Å². The van der Waals surface area contributed by atoms with Crippen molar-refractivity contribution in [1.29, 1.82) is 0 Å². The quantitative estimate of drug-likeness (QED) is 0.435. The second-order valence-electron chi connectivity index (χ2n) is 10.1. The molecule has 1 saturated heterocycles. The minimum Gasteiger partial charge on any atom is -0.488 e. The molecule has 11 nitrogen and oxygen atoms in total. The number of ether oxygens (including phenoxy) is 2. The van der Waals surface area contributed by atoms with Crippen molar-refractivity contribution in [1.82, 2.24) is 30.2 Å². The smallest absolute Gasteiger partial charge is 0.254 e. The normalized spacial score (nSPS) is 19.9. The number of amides is 1. The molecule has 2 aromatic heterocycles. The van der Waals surface area contributed by atoms with Crippen LogP contribution in [0.4, 0.5) is 11.6 Å². The Morgan fingerprint density at radius 3 is 2.53 bits per heavy atom. The number of aromatic nitrogens is 4. The summed E-state index contributed by atoms with van der Waals surface area (Å²) in [6, 6.07) is 4.43. The van der Waals surface area contributed by atoms with Crippen LogP contribution in [0.2, 0.25) is 0 Å². The molecule has 2 N–H and O–H groups in total. The Hall–Kier alpha value is -3.57. The maximum absolute atomic E-state index is 12.2. The molecule has 0 spiro atoms. The highest BCUT2D eigenvalue weighted by Crippen LogP contribution is 2.33. The summed E-state index contributed by atoms with van der Waals surface area (Å²) in [5, 5.41) is 6.29. The number of hydrogen-bond donors (Lipinski definition) is 2. The molecule has 1 aliphatic heterocycles. The summed E-state index contributed by atoms with van der Waals surface area (Å²) in [6.45, 7) is 4.52. The van der Waals surface area contributed by atoms with Crippen molar-refractivity contribution in [2.45, 2.75) is 37.8 Å². The Balaban J connectivity index is 1.15. The molecule has 3 aromatic rings. The zero-order valence-corrected chi connectivity index (χ0v) is 22.1. The largest absolute Gasteiger partial charge is 0.488 e. The van der Waals surface area contributed by atoms with Gasteiger partial charge in [-0.15, -0.1) is 0 Å². The van der Waals surface area contributed by atoms with Crippen LogP contribution in [-0.4, -0.2) is 96.4 Å². The first-order valence-electron chi connectivity index (χ1n) is 13.3. The van der Waals surface area contributed by atoms with Crippen molar-refractivity contribution in [3.8, 4) is 5.75 Å². The van der Waals surface area contributed by atoms with E-state index >= 15 is 0 Å². The number of hydrogen-bond acceptors (Lipinski definition) is 10.